The average molecular weight is 297 g/mol. The van der Waals surface area contributed by atoms with E-state index in [-0.39, 0.29) is 27.1 Å². The van der Waals surface area contributed by atoms with Crippen LogP contribution in [0.25, 0.3) is 0 Å². The number of aromatic hydroxyl groups is 1. The molecule has 0 aromatic heterocycles. The van der Waals surface area contributed by atoms with Crippen molar-refractivity contribution in [3.63, 3.8) is 0 Å². The van der Waals surface area contributed by atoms with Gasteiger partial charge in [0.25, 0.3) is 0 Å². The number of rotatable bonds is 3. The molecule has 2 aromatic carbocycles. The molecule has 0 fully saturated rings. The third-order valence-electron chi connectivity index (χ3n) is 2.64. The summed E-state index contributed by atoms with van der Waals surface area (Å²) in [6.45, 7) is 0. The van der Waals surface area contributed by atoms with Crippen LogP contribution in [-0.2, 0) is 0 Å². The van der Waals surface area contributed by atoms with Crippen LogP contribution in [0.5, 0.6) is 11.5 Å². The van der Waals surface area contributed by atoms with E-state index in [4.69, 9.17) is 27.9 Å². The van der Waals surface area contributed by atoms with Crippen LogP contribution in [0.4, 0.5) is 0 Å². The summed E-state index contributed by atoms with van der Waals surface area (Å²) >= 11 is 12.1. The molecule has 0 heterocycles. The summed E-state index contributed by atoms with van der Waals surface area (Å²) in [4.78, 5) is 12.3. The number of ether oxygens (including phenoxy) is 1. The van der Waals surface area contributed by atoms with Crippen molar-refractivity contribution in [3.8, 4) is 11.5 Å². The Hall–Kier alpha value is -1.71. The van der Waals surface area contributed by atoms with Gasteiger partial charge in [0.15, 0.2) is 5.78 Å². The highest BCUT2D eigenvalue weighted by Gasteiger charge is 2.17. The van der Waals surface area contributed by atoms with Gasteiger partial charge in [-0.3, -0.25) is 4.79 Å². The van der Waals surface area contributed by atoms with Gasteiger partial charge in [-0.05, 0) is 36.4 Å². The van der Waals surface area contributed by atoms with Crippen LogP contribution in [0.15, 0.2) is 36.4 Å². The second-order valence-electron chi connectivity index (χ2n) is 3.82. The second kappa shape index (κ2) is 5.51. The summed E-state index contributed by atoms with van der Waals surface area (Å²) < 4.78 is 5.02. The molecule has 0 saturated heterocycles. The van der Waals surface area contributed by atoms with Gasteiger partial charge >= 0.3 is 0 Å². The lowest BCUT2D eigenvalue weighted by Gasteiger charge is -2.09. The van der Waals surface area contributed by atoms with Gasteiger partial charge in [-0.25, -0.2) is 0 Å². The maximum absolute atomic E-state index is 12.3. The number of phenolic OH excluding ortho intramolecular Hbond substituents is 1. The minimum Gasteiger partial charge on any atom is -0.508 e. The molecule has 0 unspecified atom stereocenters. The van der Waals surface area contributed by atoms with E-state index in [1.807, 2.05) is 0 Å². The fourth-order valence-electron chi connectivity index (χ4n) is 1.63. The molecule has 0 saturated carbocycles. The summed E-state index contributed by atoms with van der Waals surface area (Å²) in [5.41, 5.74) is 0.707. The van der Waals surface area contributed by atoms with E-state index in [0.29, 0.717) is 11.3 Å². The lowest BCUT2D eigenvalue weighted by molar-refractivity contribution is 0.103. The number of ketones is 1. The number of carbonyl (C=O) groups is 1. The van der Waals surface area contributed by atoms with Crippen molar-refractivity contribution in [1.29, 1.82) is 0 Å². The van der Waals surface area contributed by atoms with Gasteiger partial charge in [0.2, 0.25) is 0 Å². The molecule has 0 atom stereocenters. The number of phenols is 1. The quantitative estimate of drug-likeness (QED) is 0.873. The van der Waals surface area contributed by atoms with Crippen LogP contribution in [0, 0.1) is 0 Å². The van der Waals surface area contributed by atoms with Crippen LogP contribution in [0.1, 0.15) is 15.9 Å². The highest BCUT2D eigenvalue weighted by Crippen LogP contribution is 2.35. The zero-order chi connectivity index (χ0) is 14.0. The van der Waals surface area contributed by atoms with Gasteiger partial charge in [-0.15, -0.1) is 0 Å². The summed E-state index contributed by atoms with van der Waals surface area (Å²) in [6.07, 6.45) is 0. The minimum atomic E-state index is -0.269. The fourth-order valence-corrected chi connectivity index (χ4v) is 2.12. The number of halogens is 2. The molecule has 0 aliphatic heterocycles. The number of benzene rings is 2. The maximum Gasteiger partial charge on any atom is 0.194 e. The summed E-state index contributed by atoms with van der Waals surface area (Å²) in [7, 11) is 1.47. The van der Waals surface area contributed by atoms with Gasteiger partial charge in [0, 0.05) is 11.1 Å². The zero-order valence-corrected chi connectivity index (χ0v) is 11.5. The Balaban J connectivity index is 2.45. The molecule has 0 spiro atoms. The van der Waals surface area contributed by atoms with Gasteiger partial charge in [0.1, 0.15) is 16.5 Å². The summed E-state index contributed by atoms with van der Waals surface area (Å²) in [5.74, 6) is 0.235. The molecule has 98 valence electrons. The van der Waals surface area contributed by atoms with E-state index >= 15 is 0 Å². The molecular weight excluding hydrogens is 287 g/mol. The lowest BCUT2D eigenvalue weighted by Crippen LogP contribution is -2.02. The number of methoxy groups -OCH3 is 1. The topological polar surface area (TPSA) is 46.5 Å². The lowest BCUT2D eigenvalue weighted by atomic mass is 10.0. The summed E-state index contributed by atoms with van der Waals surface area (Å²) in [6, 6.07) is 9.06. The third kappa shape index (κ3) is 2.67. The molecule has 2 aromatic rings. The molecule has 2 rings (SSSR count). The van der Waals surface area contributed by atoms with E-state index < -0.39 is 0 Å². The van der Waals surface area contributed by atoms with Gasteiger partial charge in [-0.2, -0.15) is 0 Å². The van der Waals surface area contributed by atoms with E-state index in [1.54, 1.807) is 12.1 Å². The molecule has 1 N–H and O–H groups in total. The van der Waals surface area contributed by atoms with Crippen molar-refractivity contribution in [2.24, 2.45) is 0 Å². The van der Waals surface area contributed by atoms with Gasteiger partial charge in [0.05, 0.1) is 12.1 Å². The maximum atomic E-state index is 12.3. The predicted octanol–water partition coefficient (Wildman–Crippen LogP) is 3.94. The molecule has 0 bridgehead atoms. The Kier molecular flexibility index (Phi) is 3.98. The van der Waals surface area contributed by atoms with Gasteiger partial charge < -0.3 is 9.84 Å². The molecule has 0 amide bonds. The van der Waals surface area contributed by atoms with Crippen molar-refractivity contribution in [2.75, 3.05) is 7.11 Å². The molecular formula is C14H10Cl2O3. The Morgan fingerprint density at radius 1 is 1.05 bits per heavy atom. The number of carbonyl (C=O) groups excluding carboxylic acids is 1. The average Bonchev–Trinajstić information content (AvgIpc) is 2.42. The first-order chi connectivity index (χ1) is 9.04. The Labute approximate surface area is 120 Å². The van der Waals surface area contributed by atoms with Crippen LogP contribution in [0.3, 0.4) is 0 Å². The van der Waals surface area contributed by atoms with Crippen molar-refractivity contribution < 1.29 is 14.6 Å². The second-order valence-corrected chi connectivity index (χ2v) is 4.58. The standard InChI is InChI=1S/C14H10Cl2O3/c1-19-11-7-6-10(12(15)13(11)16)14(18)8-2-4-9(17)5-3-8/h2-7,17H,1H3. The fraction of sp³-hybridized carbons (Fsp3) is 0.0714. The van der Waals surface area contributed by atoms with Crippen molar-refractivity contribution in [3.05, 3.63) is 57.6 Å². The molecule has 5 heteroatoms. The van der Waals surface area contributed by atoms with E-state index in [1.165, 1.54) is 31.4 Å². The smallest absolute Gasteiger partial charge is 0.194 e. The van der Waals surface area contributed by atoms with Crippen LogP contribution in [-0.4, -0.2) is 18.0 Å². The first-order valence-corrected chi connectivity index (χ1v) is 6.16. The molecule has 19 heavy (non-hydrogen) atoms. The highest BCUT2D eigenvalue weighted by atomic mass is 35.5. The van der Waals surface area contributed by atoms with Gasteiger partial charge in [-0.1, -0.05) is 23.2 Å². The highest BCUT2D eigenvalue weighted by molar-refractivity contribution is 6.45. The van der Waals surface area contributed by atoms with Crippen molar-refractivity contribution in [2.45, 2.75) is 0 Å². The first kappa shape index (κ1) is 13.7. The molecule has 3 nitrogen and oxygen atoms in total. The molecule has 0 aliphatic carbocycles. The van der Waals surface area contributed by atoms with Crippen molar-refractivity contribution in [1.82, 2.24) is 0 Å². The Bertz CT molecular complexity index is 621. The normalized spacial score (nSPS) is 10.3. The minimum absolute atomic E-state index is 0.0930. The largest absolute Gasteiger partial charge is 0.508 e. The molecule has 0 radical (unpaired) electrons. The van der Waals surface area contributed by atoms with Crippen molar-refractivity contribution >= 4 is 29.0 Å². The van der Waals surface area contributed by atoms with E-state index in [2.05, 4.69) is 0 Å². The zero-order valence-electron chi connectivity index (χ0n) is 9.98. The predicted molar refractivity (Wildman–Crippen MR) is 74.6 cm³/mol. The van der Waals surface area contributed by atoms with E-state index in [0.717, 1.165) is 0 Å². The Morgan fingerprint density at radius 3 is 2.26 bits per heavy atom. The number of hydrogen-bond acceptors (Lipinski definition) is 3. The molecule has 0 aliphatic rings. The monoisotopic (exact) mass is 296 g/mol. The first-order valence-electron chi connectivity index (χ1n) is 5.40. The number of hydrogen-bond donors (Lipinski definition) is 1. The summed E-state index contributed by atoms with van der Waals surface area (Å²) in [5, 5.41) is 9.56. The third-order valence-corrected chi connectivity index (χ3v) is 3.51. The van der Waals surface area contributed by atoms with Crippen LogP contribution in [0.2, 0.25) is 10.0 Å². The van der Waals surface area contributed by atoms with Crippen LogP contribution >= 0.6 is 23.2 Å². The SMILES string of the molecule is COc1ccc(C(=O)c2ccc(O)cc2)c(Cl)c1Cl. The Morgan fingerprint density at radius 2 is 1.68 bits per heavy atom. The van der Waals surface area contributed by atoms with E-state index in [9.17, 15) is 9.90 Å². The van der Waals surface area contributed by atoms with Crippen LogP contribution < -0.4 is 4.74 Å².